The van der Waals surface area contributed by atoms with Crippen LogP contribution < -0.4 is 0 Å². The molecule has 0 bridgehead atoms. The largest absolute Gasteiger partial charge is 0.507 e. The number of benzene rings is 6. The molecule has 8 rings (SSSR count). The number of pyridine rings is 1. The van der Waals surface area contributed by atoms with E-state index in [4.69, 9.17) is 18.7 Å². The molecule has 0 aliphatic carbocycles. The Balaban J connectivity index is 0.00000595. The minimum Gasteiger partial charge on any atom is -0.507 e. The van der Waals surface area contributed by atoms with E-state index in [9.17, 15) is 5.11 Å². The average Bonchev–Trinajstić information content (AvgIpc) is 3.61. The molecule has 53 heavy (non-hydrogen) atoms. The molecule has 0 aliphatic rings. The number of aromatic hydroxyl groups is 1. The summed E-state index contributed by atoms with van der Waals surface area (Å²) in [5.74, 6) is 0.436. The number of phenols is 1. The normalized spacial score (nSPS) is 14.6. The Hall–Kier alpha value is -5.57. The summed E-state index contributed by atoms with van der Waals surface area (Å²) in [6, 6.07) is 35.9. The summed E-state index contributed by atoms with van der Waals surface area (Å²) in [4.78, 5) is 9.91. The molecule has 2 aromatic heterocycles. The van der Waals surface area contributed by atoms with Crippen LogP contribution in [0.25, 0.3) is 72.7 Å². The smallest absolute Gasteiger partial charge is 0.148 e. The van der Waals surface area contributed by atoms with Crippen molar-refractivity contribution in [3.63, 3.8) is 0 Å². The van der Waals surface area contributed by atoms with Crippen LogP contribution in [0, 0.1) is 19.8 Å². The Morgan fingerprint density at radius 3 is 2.17 bits per heavy atom. The topological polar surface area (TPSA) is 50.9 Å². The van der Waals surface area contributed by atoms with Crippen molar-refractivity contribution < 1.29 is 39.9 Å². The number of para-hydroxylation sites is 2. The predicted molar refractivity (Wildman–Crippen MR) is 215 cm³/mol. The molecule has 0 saturated carbocycles. The van der Waals surface area contributed by atoms with E-state index in [0.717, 1.165) is 11.1 Å². The Morgan fingerprint density at radius 2 is 1.42 bits per heavy atom. The molecule has 6 aromatic carbocycles. The number of phenolic OH excluding ortho intramolecular Hbond substituents is 1. The van der Waals surface area contributed by atoms with Crippen LogP contribution in [-0.2, 0) is 26.5 Å². The molecule has 264 valence electrons. The van der Waals surface area contributed by atoms with Crippen LogP contribution in [0.2, 0.25) is 0 Å². The van der Waals surface area contributed by atoms with Crippen molar-refractivity contribution in [2.24, 2.45) is 0 Å². The first-order valence-electron chi connectivity index (χ1n) is 21.9. The summed E-state index contributed by atoms with van der Waals surface area (Å²) in [6.45, 7) is 1.04. The first-order chi connectivity index (χ1) is 29.2. The maximum absolute atomic E-state index is 11.3. The molecule has 0 spiro atoms. The van der Waals surface area contributed by atoms with Gasteiger partial charge < -0.3 is 5.11 Å². The molecular formula is C48H40N3OPt-. The molecule has 0 fully saturated rings. The minimum atomic E-state index is -2.84. The van der Waals surface area contributed by atoms with Crippen LogP contribution in [0.15, 0.2) is 146 Å². The third-order valence-corrected chi connectivity index (χ3v) is 9.13. The number of nitrogens with zero attached hydrogens (tertiary/aromatic N) is 3. The van der Waals surface area contributed by atoms with Crippen molar-refractivity contribution in [3.8, 4) is 67.5 Å². The molecule has 0 radical (unpaired) electrons. The summed E-state index contributed by atoms with van der Waals surface area (Å²) in [6.07, 6.45) is 1.51. The van der Waals surface area contributed by atoms with Gasteiger partial charge in [-0.25, -0.2) is 4.98 Å². The summed E-state index contributed by atoms with van der Waals surface area (Å²) in [5, 5.41) is 11.3. The zero-order chi connectivity index (χ0) is 44.5. The second-order valence-electron chi connectivity index (χ2n) is 13.7. The zero-order valence-electron chi connectivity index (χ0n) is 39.2. The van der Waals surface area contributed by atoms with Crippen molar-refractivity contribution in [1.82, 2.24) is 14.5 Å². The predicted octanol–water partition coefficient (Wildman–Crippen LogP) is 12.2. The molecule has 4 nitrogen and oxygen atoms in total. The summed E-state index contributed by atoms with van der Waals surface area (Å²) in [7, 11) is 0. The van der Waals surface area contributed by atoms with Crippen LogP contribution in [0.5, 0.6) is 5.75 Å². The van der Waals surface area contributed by atoms with Gasteiger partial charge in [-0.15, -0.1) is 29.3 Å². The SMILES string of the molecule is [2H]c1c([2H])c(C([2H])([2H])[2H])c([2H])c([2H])c1-c1ccnc(-c2[c-]c(-c3cccc4c3nc(-c3ccccc3O)n4-c3ccc(C([2H])([2H])[2H])cc3-c3ccccc3)cc(C(C)(C)C)c2)c1.[Pt]. The third kappa shape index (κ3) is 7.00. The number of aryl methyl sites for hydroxylation is 1. The Kier molecular flexibility index (Phi) is 6.93. The molecule has 8 aromatic rings. The van der Waals surface area contributed by atoms with Gasteiger partial charge in [-0.2, -0.15) is 0 Å². The molecule has 2 heterocycles. The van der Waals surface area contributed by atoms with E-state index in [-0.39, 0.29) is 43.4 Å². The van der Waals surface area contributed by atoms with Gasteiger partial charge >= 0.3 is 0 Å². The van der Waals surface area contributed by atoms with E-state index in [0.29, 0.717) is 61.6 Å². The minimum absolute atomic E-state index is 0. The van der Waals surface area contributed by atoms with Gasteiger partial charge in [0.2, 0.25) is 0 Å². The second kappa shape index (κ2) is 14.5. The Morgan fingerprint density at radius 1 is 0.679 bits per heavy atom. The van der Waals surface area contributed by atoms with E-state index in [2.05, 4.69) is 31.8 Å². The van der Waals surface area contributed by atoms with E-state index in [1.165, 1.54) is 6.20 Å². The fraction of sp³-hybridized carbons (Fsp3) is 0.125. The van der Waals surface area contributed by atoms with Crippen molar-refractivity contribution >= 4 is 11.0 Å². The van der Waals surface area contributed by atoms with Gasteiger partial charge in [0.05, 0.1) is 27.8 Å². The molecule has 0 amide bonds. The molecule has 0 atom stereocenters. The first-order valence-corrected chi connectivity index (χ1v) is 16.9. The Labute approximate surface area is 340 Å². The van der Waals surface area contributed by atoms with Gasteiger partial charge in [0, 0.05) is 46.7 Å². The summed E-state index contributed by atoms with van der Waals surface area (Å²) in [5.41, 5.74) is 6.61. The Bertz CT molecular complexity index is 3020. The fourth-order valence-corrected chi connectivity index (χ4v) is 6.46. The zero-order valence-corrected chi connectivity index (χ0v) is 31.4. The van der Waals surface area contributed by atoms with E-state index in [1.54, 1.807) is 48.5 Å². The summed E-state index contributed by atoms with van der Waals surface area (Å²) >= 11 is 0. The molecule has 1 N–H and O–H groups in total. The monoisotopic (exact) mass is 879 g/mol. The van der Waals surface area contributed by atoms with Crippen LogP contribution >= 0.6 is 0 Å². The first kappa shape index (κ1) is 25.4. The standard InChI is InChI=1S/C48H40N3O.Pt/c1-31-18-21-33(22-19-31)35-24-25-49-42(30-35)37-27-36(28-38(29-37)48(3,4)5)39-15-11-16-44-46(39)50-47(40-14-9-10-17-45(40)52)51(44)43-23-20-32(2)26-41(43)34-12-7-6-8-13-34;/h6-26,28-30,52H,1-5H3;/q-1;/i1D3,2D3,18D,19D,21D,22D;. The molecule has 0 saturated heterocycles. The number of hydrogen-bond acceptors (Lipinski definition) is 3. The van der Waals surface area contributed by atoms with Gasteiger partial charge in [-0.1, -0.05) is 134 Å². The molecular weight excluding hydrogens is 830 g/mol. The third-order valence-electron chi connectivity index (χ3n) is 9.13. The number of fused-ring (bicyclic) bond motifs is 1. The number of hydrogen-bond donors (Lipinski definition) is 1. The molecule has 0 aliphatic heterocycles. The average molecular weight is 880 g/mol. The van der Waals surface area contributed by atoms with E-state index >= 15 is 0 Å². The maximum Gasteiger partial charge on any atom is 0.148 e. The van der Waals surface area contributed by atoms with E-state index in [1.807, 2.05) is 71.3 Å². The van der Waals surface area contributed by atoms with Crippen molar-refractivity contribution in [1.29, 1.82) is 0 Å². The molecule has 0 unspecified atom stereocenters. The van der Waals surface area contributed by atoms with Crippen LogP contribution in [0.1, 0.15) is 51.2 Å². The van der Waals surface area contributed by atoms with E-state index < -0.39 is 43.4 Å². The maximum atomic E-state index is 11.3. The van der Waals surface area contributed by atoms with Gasteiger partial charge in [-0.3, -0.25) is 9.55 Å². The van der Waals surface area contributed by atoms with Crippen molar-refractivity contribution in [2.75, 3.05) is 0 Å². The summed E-state index contributed by atoms with van der Waals surface area (Å²) < 4.78 is 84.6. The quantitative estimate of drug-likeness (QED) is 0.169. The van der Waals surface area contributed by atoms with Gasteiger partial charge in [0.25, 0.3) is 0 Å². The number of imidazole rings is 1. The fourth-order valence-electron chi connectivity index (χ4n) is 6.46. The second-order valence-corrected chi connectivity index (χ2v) is 13.7. The van der Waals surface area contributed by atoms with Crippen LogP contribution in [0.3, 0.4) is 0 Å². The number of aromatic nitrogens is 3. The van der Waals surface area contributed by atoms with Gasteiger partial charge in [0.15, 0.2) is 0 Å². The van der Waals surface area contributed by atoms with Gasteiger partial charge in [0.1, 0.15) is 11.6 Å². The van der Waals surface area contributed by atoms with Gasteiger partial charge in [-0.05, 0) is 72.2 Å². The molecule has 5 heteroatoms. The number of rotatable bonds is 6. The van der Waals surface area contributed by atoms with Crippen molar-refractivity contribution in [2.45, 2.75) is 39.9 Å². The van der Waals surface area contributed by atoms with Crippen LogP contribution in [-0.4, -0.2) is 19.6 Å². The van der Waals surface area contributed by atoms with Crippen LogP contribution in [0.4, 0.5) is 0 Å². The van der Waals surface area contributed by atoms with Crippen molar-refractivity contribution in [3.05, 3.63) is 168 Å².